The van der Waals surface area contributed by atoms with Crippen LogP contribution in [0.25, 0.3) is 0 Å². The topological polar surface area (TPSA) is 72.5 Å². The lowest BCUT2D eigenvalue weighted by Crippen LogP contribution is -2.07. The van der Waals surface area contributed by atoms with Crippen LogP contribution >= 0.6 is 0 Å². The molecule has 0 amide bonds. The van der Waals surface area contributed by atoms with E-state index in [0.717, 1.165) is 18.2 Å². The average molecular weight is 265 g/mol. The molecule has 0 unspecified atom stereocenters. The van der Waals surface area contributed by atoms with E-state index < -0.39 is 28.9 Å². The number of rotatable bonds is 3. The van der Waals surface area contributed by atoms with Crippen molar-refractivity contribution >= 4 is 11.7 Å². The highest BCUT2D eigenvalue weighted by molar-refractivity contribution is 5.97. The number of carbonyl (C=O) groups is 1. The van der Waals surface area contributed by atoms with Crippen LogP contribution in [0.2, 0.25) is 0 Å². The maximum absolute atomic E-state index is 13.4. The fourth-order valence-electron chi connectivity index (χ4n) is 1.53. The maximum atomic E-state index is 13.4. The summed E-state index contributed by atoms with van der Waals surface area (Å²) >= 11 is 0. The van der Waals surface area contributed by atoms with Crippen molar-refractivity contribution in [1.29, 1.82) is 0 Å². The van der Waals surface area contributed by atoms with Gasteiger partial charge in [0, 0.05) is 0 Å². The molecule has 0 aliphatic heterocycles. The van der Waals surface area contributed by atoms with Gasteiger partial charge in [-0.05, 0) is 24.3 Å². The highest BCUT2D eigenvalue weighted by Gasteiger charge is 2.19. The van der Waals surface area contributed by atoms with Crippen LogP contribution in [0.1, 0.15) is 10.4 Å². The van der Waals surface area contributed by atoms with E-state index in [4.69, 9.17) is 15.6 Å². The predicted molar refractivity (Wildman–Crippen MR) is 64.2 cm³/mol. The van der Waals surface area contributed by atoms with Gasteiger partial charge in [0.15, 0.2) is 11.6 Å². The Kier molecular flexibility index (Phi) is 3.33. The molecule has 2 aromatic rings. The van der Waals surface area contributed by atoms with Crippen molar-refractivity contribution in [1.82, 2.24) is 0 Å². The van der Waals surface area contributed by atoms with Crippen molar-refractivity contribution in [2.24, 2.45) is 0 Å². The number of carboxylic acid groups (broad SMARTS) is 1. The summed E-state index contributed by atoms with van der Waals surface area (Å²) in [6.07, 6.45) is 0. The number of aromatic carboxylic acids is 1. The minimum Gasteiger partial charge on any atom is -0.477 e. The molecule has 4 nitrogen and oxygen atoms in total. The minimum absolute atomic E-state index is 0.170. The first-order valence-electron chi connectivity index (χ1n) is 5.24. The molecule has 98 valence electrons. The SMILES string of the molecule is Nc1c(F)ccc(Oc2ccccc2F)c1C(=O)O. The van der Waals surface area contributed by atoms with Gasteiger partial charge in [0.1, 0.15) is 17.1 Å². The fraction of sp³-hybridized carbons (Fsp3) is 0. The van der Waals surface area contributed by atoms with Gasteiger partial charge in [0.2, 0.25) is 0 Å². The van der Waals surface area contributed by atoms with Crippen LogP contribution in [0.3, 0.4) is 0 Å². The first-order chi connectivity index (χ1) is 9.00. The van der Waals surface area contributed by atoms with Gasteiger partial charge in [0.25, 0.3) is 0 Å². The Morgan fingerprint density at radius 1 is 1.05 bits per heavy atom. The molecular formula is C13H9F2NO3. The zero-order valence-electron chi connectivity index (χ0n) is 9.56. The second kappa shape index (κ2) is 4.93. The van der Waals surface area contributed by atoms with Crippen molar-refractivity contribution in [2.75, 3.05) is 5.73 Å². The summed E-state index contributed by atoms with van der Waals surface area (Å²) < 4.78 is 31.8. The molecule has 0 saturated carbocycles. The van der Waals surface area contributed by atoms with Crippen LogP contribution in [-0.4, -0.2) is 11.1 Å². The second-order valence-electron chi connectivity index (χ2n) is 3.67. The lowest BCUT2D eigenvalue weighted by molar-refractivity contribution is 0.0694. The van der Waals surface area contributed by atoms with E-state index in [1.165, 1.54) is 18.2 Å². The van der Waals surface area contributed by atoms with E-state index in [-0.39, 0.29) is 11.5 Å². The molecule has 0 heterocycles. The monoisotopic (exact) mass is 265 g/mol. The molecule has 0 spiro atoms. The van der Waals surface area contributed by atoms with Gasteiger partial charge in [-0.2, -0.15) is 0 Å². The number of halogens is 2. The molecule has 0 bridgehead atoms. The van der Waals surface area contributed by atoms with Crippen molar-refractivity contribution < 1.29 is 23.4 Å². The molecule has 2 rings (SSSR count). The Morgan fingerprint density at radius 3 is 2.37 bits per heavy atom. The van der Waals surface area contributed by atoms with Crippen molar-refractivity contribution in [3.8, 4) is 11.5 Å². The lowest BCUT2D eigenvalue weighted by Gasteiger charge is -2.11. The van der Waals surface area contributed by atoms with E-state index in [1.54, 1.807) is 0 Å². The number of hydrogen-bond donors (Lipinski definition) is 2. The third-order valence-electron chi connectivity index (χ3n) is 2.42. The molecule has 0 aliphatic rings. The number of nitrogens with two attached hydrogens (primary N) is 1. The number of hydrogen-bond acceptors (Lipinski definition) is 3. The molecule has 0 fully saturated rings. The summed E-state index contributed by atoms with van der Waals surface area (Å²) in [5, 5.41) is 9.00. The van der Waals surface area contributed by atoms with Crippen LogP contribution in [-0.2, 0) is 0 Å². The van der Waals surface area contributed by atoms with Gasteiger partial charge in [-0.1, -0.05) is 12.1 Å². The number of carboxylic acids is 1. The van der Waals surface area contributed by atoms with Gasteiger partial charge < -0.3 is 15.6 Å². The molecule has 2 aromatic carbocycles. The molecule has 0 aromatic heterocycles. The quantitative estimate of drug-likeness (QED) is 0.836. The molecule has 19 heavy (non-hydrogen) atoms. The Labute approximate surface area is 107 Å². The zero-order valence-corrected chi connectivity index (χ0v) is 9.56. The highest BCUT2D eigenvalue weighted by atomic mass is 19.1. The van der Waals surface area contributed by atoms with E-state index in [0.29, 0.717) is 0 Å². The summed E-state index contributed by atoms with van der Waals surface area (Å²) in [7, 11) is 0. The Morgan fingerprint density at radius 2 is 1.74 bits per heavy atom. The highest BCUT2D eigenvalue weighted by Crippen LogP contribution is 2.31. The second-order valence-corrected chi connectivity index (χ2v) is 3.67. The van der Waals surface area contributed by atoms with Gasteiger partial charge in [-0.25, -0.2) is 13.6 Å². The smallest absolute Gasteiger partial charge is 0.341 e. The zero-order chi connectivity index (χ0) is 14.0. The summed E-state index contributed by atoms with van der Waals surface area (Å²) in [6, 6.07) is 7.49. The minimum atomic E-state index is -1.46. The van der Waals surface area contributed by atoms with Gasteiger partial charge >= 0.3 is 5.97 Å². The Bertz CT molecular complexity index is 644. The van der Waals surface area contributed by atoms with Crippen molar-refractivity contribution in [2.45, 2.75) is 0 Å². The number of ether oxygens (including phenoxy) is 1. The fourth-order valence-corrected chi connectivity index (χ4v) is 1.53. The van der Waals surface area contributed by atoms with Crippen molar-refractivity contribution in [3.05, 3.63) is 53.6 Å². The first-order valence-corrected chi connectivity index (χ1v) is 5.24. The number of anilines is 1. The third kappa shape index (κ3) is 2.47. The summed E-state index contributed by atoms with van der Waals surface area (Å²) in [4.78, 5) is 11.0. The molecule has 0 atom stereocenters. The number of para-hydroxylation sites is 1. The normalized spacial score (nSPS) is 10.2. The maximum Gasteiger partial charge on any atom is 0.341 e. The van der Waals surface area contributed by atoms with Crippen LogP contribution in [0.15, 0.2) is 36.4 Å². The summed E-state index contributed by atoms with van der Waals surface area (Å²) in [5.41, 5.74) is 4.25. The Hall–Kier alpha value is -2.63. The first kappa shape index (κ1) is 12.8. The van der Waals surface area contributed by atoms with E-state index in [2.05, 4.69) is 0 Å². The van der Waals surface area contributed by atoms with Crippen LogP contribution in [0.4, 0.5) is 14.5 Å². The summed E-state index contributed by atoms with van der Waals surface area (Å²) in [5.74, 6) is -3.39. The molecule has 3 N–H and O–H groups in total. The average Bonchev–Trinajstić information content (AvgIpc) is 2.36. The molecule has 6 heteroatoms. The standard InChI is InChI=1S/C13H9F2NO3/c14-7-3-1-2-4-9(7)19-10-6-5-8(15)12(16)11(10)13(17)18/h1-6H,16H2,(H,17,18). The van der Waals surface area contributed by atoms with Crippen LogP contribution in [0.5, 0.6) is 11.5 Å². The van der Waals surface area contributed by atoms with Crippen LogP contribution < -0.4 is 10.5 Å². The molecule has 0 aliphatic carbocycles. The Balaban J connectivity index is 2.49. The van der Waals surface area contributed by atoms with Gasteiger partial charge in [-0.15, -0.1) is 0 Å². The lowest BCUT2D eigenvalue weighted by atomic mass is 10.1. The predicted octanol–water partition coefficient (Wildman–Crippen LogP) is 3.04. The van der Waals surface area contributed by atoms with Crippen LogP contribution in [0, 0.1) is 11.6 Å². The van der Waals surface area contributed by atoms with Crippen molar-refractivity contribution in [3.63, 3.8) is 0 Å². The van der Waals surface area contributed by atoms with E-state index in [1.807, 2.05) is 0 Å². The molecule has 0 saturated heterocycles. The molecular weight excluding hydrogens is 256 g/mol. The summed E-state index contributed by atoms with van der Waals surface area (Å²) in [6.45, 7) is 0. The number of benzene rings is 2. The number of nitrogen functional groups attached to an aromatic ring is 1. The molecule has 0 radical (unpaired) electrons. The van der Waals surface area contributed by atoms with Gasteiger partial charge in [-0.3, -0.25) is 0 Å². The third-order valence-corrected chi connectivity index (χ3v) is 2.42. The van der Waals surface area contributed by atoms with Gasteiger partial charge in [0.05, 0.1) is 5.69 Å². The van der Waals surface area contributed by atoms with E-state index in [9.17, 15) is 13.6 Å². The largest absolute Gasteiger partial charge is 0.477 e. The van der Waals surface area contributed by atoms with E-state index >= 15 is 0 Å².